The molecule has 1 heterocycles. The van der Waals surface area contributed by atoms with Crippen molar-refractivity contribution in [2.75, 3.05) is 33.3 Å². The Balaban J connectivity index is 1.17. The summed E-state index contributed by atoms with van der Waals surface area (Å²) in [6.07, 6.45) is 2.07. The second kappa shape index (κ2) is 13.1. The number of nitrogens with one attached hydrogen (secondary N) is 3. The van der Waals surface area contributed by atoms with Crippen molar-refractivity contribution in [3.8, 4) is 23.3 Å². The highest BCUT2D eigenvalue weighted by Crippen LogP contribution is 2.28. The van der Waals surface area contributed by atoms with Crippen LogP contribution in [0.15, 0.2) is 53.3 Å². The van der Waals surface area contributed by atoms with Gasteiger partial charge in [-0.05, 0) is 48.9 Å². The normalized spacial score (nSPS) is 15.6. The largest absolute Gasteiger partial charge is 0.506 e. The van der Waals surface area contributed by atoms with E-state index in [0.717, 1.165) is 31.4 Å². The number of fused-ring (bicyclic) bond motifs is 1. The van der Waals surface area contributed by atoms with Gasteiger partial charge in [0.2, 0.25) is 5.56 Å². The minimum absolute atomic E-state index is 0.0422. The predicted octanol–water partition coefficient (Wildman–Crippen LogP) is 2.04. The highest BCUT2D eigenvalue weighted by Gasteiger charge is 2.16. The lowest BCUT2D eigenvalue weighted by molar-refractivity contribution is -0.123. The minimum atomic E-state index is -0.832. The van der Waals surface area contributed by atoms with E-state index in [2.05, 4.69) is 39.4 Å². The van der Waals surface area contributed by atoms with Crippen LogP contribution in [0.25, 0.3) is 10.9 Å². The number of nitrogens with zero attached hydrogens (tertiary/aromatic N) is 1. The molecule has 9 nitrogen and oxygen atoms in total. The van der Waals surface area contributed by atoms with E-state index in [0.29, 0.717) is 41.3 Å². The van der Waals surface area contributed by atoms with Gasteiger partial charge in [0.15, 0.2) is 6.61 Å². The quantitative estimate of drug-likeness (QED) is 0.232. The standard InChI is InChI=1S/C29H34N4O5/c1-33(21-5-3-2-4-6-21)16-15-31-28(37)19-38-22-9-7-20(8-10-22)17-30-18-26(35)23-11-13-25(34)29-24(23)12-14-27(36)32-29/h7-14,21,26,30,34-35H,3,5-6,15-19H2,1H3,(H,31,37)(H,32,36)/t21?,26-/m0/s1. The van der Waals surface area contributed by atoms with Gasteiger partial charge in [-0.2, -0.15) is 0 Å². The number of aliphatic hydroxyl groups excluding tert-OH is 1. The Hall–Kier alpha value is -3.84. The highest BCUT2D eigenvalue weighted by molar-refractivity contribution is 5.87. The number of likely N-dealkylation sites (N-methyl/N-ethyl adjacent to an activating group) is 1. The number of aromatic amines is 1. The smallest absolute Gasteiger partial charge is 0.257 e. The highest BCUT2D eigenvalue weighted by atomic mass is 16.5. The molecule has 1 amide bonds. The van der Waals surface area contributed by atoms with Crippen LogP contribution in [0, 0.1) is 11.8 Å². The molecule has 1 aliphatic rings. The van der Waals surface area contributed by atoms with Gasteiger partial charge in [0.05, 0.1) is 11.6 Å². The van der Waals surface area contributed by atoms with Gasteiger partial charge in [-0.25, -0.2) is 0 Å². The molecule has 0 saturated carbocycles. The second-order valence-electron chi connectivity index (χ2n) is 9.45. The first-order chi connectivity index (χ1) is 18.4. The number of carbonyl (C=O) groups is 1. The van der Waals surface area contributed by atoms with E-state index in [1.54, 1.807) is 12.1 Å². The Morgan fingerprint density at radius 2 is 2.00 bits per heavy atom. The van der Waals surface area contributed by atoms with Crippen molar-refractivity contribution in [1.29, 1.82) is 0 Å². The van der Waals surface area contributed by atoms with Gasteiger partial charge in [-0.1, -0.05) is 18.2 Å². The molecule has 1 unspecified atom stereocenters. The van der Waals surface area contributed by atoms with E-state index >= 15 is 0 Å². The fourth-order valence-electron chi connectivity index (χ4n) is 4.47. The number of benzene rings is 2. The number of phenols is 1. The zero-order valence-electron chi connectivity index (χ0n) is 21.5. The summed E-state index contributed by atoms with van der Waals surface area (Å²) in [5.74, 6) is 6.67. The fraction of sp³-hybridized carbons (Fsp3) is 0.379. The first kappa shape index (κ1) is 27.2. The number of aromatic hydroxyl groups is 1. The Labute approximate surface area is 221 Å². The van der Waals surface area contributed by atoms with Gasteiger partial charge in [-0.3, -0.25) is 9.59 Å². The van der Waals surface area contributed by atoms with Gasteiger partial charge < -0.3 is 35.5 Å². The Morgan fingerprint density at radius 3 is 2.76 bits per heavy atom. The van der Waals surface area contributed by atoms with Crippen molar-refractivity contribution in [2.45, 2.75) is 38.0 Å². The first-order valence-corrected chi connectivity index (χ1v) is 12.8. The topological polar surface area (TPSA) is 127 Å². The van der Waals surface area contributed by atoms with Crippen LogP contribution in [0.5, 0.6) is 11.5 Å². The number of ether oxygens (including phenoxy) is 1. The SMILES string of the molecule is CN(CCNC(=O)COc1ccc(CNC[C@H](O)c2ccc(O)c3[nH]c(=O)ccc23)cc1)C1CC#CCC1. The zero-order valence-corrected chi connectivity index (χ0v) is 21.5. The average molecular weight is 519 g/mol. The van der Waals surface area contributed by atoms with Crippen LogP contribution in [-0.2, 0) is 11.3 Å². The molecule has 1 aromatic heterocycles. The summed E-state index contributed by atoms with van der Waals surface area (Å²) in [4.78, 5) is 28.6. The third kappa shape index (κ3) is 7.35. The minimum Gasteiger partial charge on any atom is -0.506 e. The van der Waals surface area contributed by atoms with E-state index in [9.17, 15) is 19.8 Å². The van der Waals surface area contributed by atoms with Crippen molar-refractivity contribution < 1.29 is 19.7 Å². The summed E-state index contributed by atoms with van der Waals surface area (Å²) in [7, 11) is 2.07. The van der Waals surface area contributed by atoms with Gasteiger partial charge in [0.25, 0.3) is 5.91 Å². The molecule has 2 aromatic carbocycles. The molecule has 1 aliphatic carbocycles. The molecule has 3 aromatic rings. The summed E-state index contributed by atoms with van der Waals surface area (Å²) in [6.45, 7) is 2.09. The number of H-pyrrole nitrogens is 1. The Morgan fingerprint density at radius 1 is 1.18 bits per heavy atom. The summed E-state index contributed by atoms with van der Waals surface area (Å²) < 4.78 is 5.61. The van der Waals surface area contributed by atoms with Crippen LogP contribution < -0.4 is 20.9 Å². The third-order valence-corrected chi connectivity index (χ3v) is 6.70. The predicted molar refractivity (Wildman–Crippen MR) is 146 cm³/mol. The van der Waals surface area contributed by atoms with Crippen molar-refractivity contribution >= 4 is 16.8 Å². The molecule has 9 heteroatoms. The van der Waals surface area contributed by atoms with Gasteiger partial charge in [0.1, 0.15) is 11.5 Å². The molecule has 0 fully saturated rings. The lowest BCUT2D eigenvalue weighted by Gasteiger charge is -2.27. The molecular formula is C29H34N4O5. The van der Waals surface area contributed by atoms with Gasteiger partial charge >= 0.3 is 0 Å². The van der Waals surface area contributed by atoms with E-state index in [-0.39, 0.29) is 30.4 Å². The number of hydrogen-bond acceptors (Lipinski definition) is 7. The maximum absolute atomic E-state index is 12.1. The van der Waals surface area contributed by atoms with Crippen molar-refractivity contribution in [3.63, 3.8) is 0 Å². The molecule has 0 spiro atoms. The van der Waals surface area contributed by atoms with Gasteiger partial charge in [0, 0.05) is 56.5 Å². The fourth-order valence-corrected chi connectivity index (χ4v) is 4.47. The number of hydrogen-bond donors (Lipinski definition) is 5. The monoisotopic (exact) mass is 518 g/mol. The Bertz CT molecular complexity index is 1360. The number of aromatic nitrogens is 1. The van der Waals surface area contributed by atoms with Crippen LogP contribution in [0.3, 0.4) is 0 Å². The van der Waals surface area contributed by atoms with E-state index in [1.165, 1.54) is 12.1 Å². The van der Waals surface area contributed by atoms with E-state index in [1.807, 2.05) is 24.3 Å². The third-order valence-electron chi connectivity index (χ3n) is 6.70. The summed E-state index contributed by atoms with van der Waals surface area (Å²) >= 11 is 0. The summed E-state index contributed by atoms with van der Waals surface area (Å²) in [5.41, 5.74) is 1.59. The molecule has 0 aliphatic heterocycles. The molecule has 0 bridgehead atoms. The zero-order chi connectivity index (χ0) is 26.9. The molecule has 0 saturated heterocycles. The number of aliphatic hydroxyl groups is 1. The first-order valence-electron chi connectivity index (χ1n) is 12.8. The molecular weight excluding hydrogens is 484 g/mol. The van der Waals surface area contributed by atoms with Crippen molar-refractivity contribution in [2.24, 2.45) is 0 Å². The number of carbonyl (C=O) groups excluding carboxylic acids is 1. The van der Waals surface area contributed by atoms with Crippen LogP contribution in [0.1, 0.15) is 36.5 Å². The maximum atomic E-state index is 12.1. The number of amides is 1. The van der Waals surface area contributed by atoms with E-state index < -0.39 is 6.10 Å². The van der Waals surface area contributed by atoms with E-state index in [4.69, 9.17) is 4.74 Å². The summed E-state index contributed by atoms with van der Waals surface area (Å²) in [5, 5.41) is 27.4. The number of pyridine rings is 1. The van der Waals surface area contributed by atoms with Gasteiger partial charge in [-0.15, -0.1) is 11.8 Å². The van der Waals surface area contributed by atoms with Crippen LogP contribution in [0.2, 0.25) is 0 Å². The lowest BCUT2D eigenvalue weighted by Crippen LogP contribution is -2.40. The molecule has 2 atom stereocenters. The molecule has 38 heavy (non-hydrogen) atoms. The lowest BCUT2D eigenvalue weighted by atomic mass is 10.0. The molecule has 0 radical (unpaired) electrons. The van der Waals surface area contributed by atoms with Crippen LogP contribution >= 0.6 is 0 Å². The molecule has 5 N–H and O–H groups in total. The number of phenolic OH excluding ortho intramolecular Hbond substituents is 1. The Kier molecular flexibility index (Phi) is 9.38. The molecule has 200 valence electrons. The maximum Gasteiger partial charge on any atom is 0.257 e. The number of rotatable bonds is 12. The second-order valence-corrected chi connectivity index (χ2v) is 9.45. The summed E-state index contributed by atoms with van der Waals surface area (Å²) in [6, 6.07) is 13.9. The molecule has 4 rings (SSSR count). The van der Waals surface area contributed by atoms with Crippen molar-refractivity contribution in [1.82, 2.24) is 20.5 Å². The van der Waals surface area contributed by atoms with Crippen molar-refractivity contribution in [3.05, 3.63) is 70.0 Å². The average Bonchev–Trinajstić information content (AvgIpc) is 2.93. The van der Waals surface area contributed by atoms with Crippen LogP contribution in [0.4, 0.5) is 0 Å². The van der Waals surface area contributed by atoms with Crippen LogP contribution in [-0.4, -0.2) is 65.3 Å².